The van der Waals surface area contributed by atoms with Gasteiger partial charge in [-0.1, -0.05) is 0 Å². The lowest BCUT2D eigenvalue weighted by Crippen LogP contribution is -2.32. The fraction of sp³-hybridized carbons (Fsp3) is 0.769. The Balaban J connectivity index is 2.09. The number of aromatic nitrogens is 2. The van der Waals surface area contributed by atoms with Gasteiger partial charge in [-0.2, -0.15) is 5.10 Å². The minimum atomic E-state index is -2.52. The van der Waals surface area contributed by atoms with E-state index in [1.807, 2.05) is 0 Å². The molecule has 1 aromatic heterocycles. The number of ether oxygens (including phenoxy) is 1. The van der Waals surface area contributed by atoms with Crippen LogP contribution in [-0.2, 0) is 11.3 Å². The van der Waals surface area contributed by atoms with Crippen molar-refractivity contribution >= 4 is 15.9 Å². The van der Waals surface area contributed by atoms with Gasteiger partial charge in [-0.25, -0.2) is 8.78 Å². The van der Waals surface area contributed by atoms with E-state index < -0.39 is 5.92 Å². The summed E-state index contributed by atoms with van der Waals surface area (Å²) in [6.45, 7) is 1.14. The molecule has 1 unspecified atom stereocenters. The smallest absolute Gasteiger partial charge is 0.248 e. The molecule has 4 nitrogen and oxygen atoms in total. The van der Waals surface area contributed by atoms with Crippen LogP contribution in [0.5, 0.6) is 0 Å². The summed E-state index contributed by atoms with van der Waals surface area (Å²) in [5.74, 6) is -2.45. The van der Waals surface area contributed by atoms with Crippen molar-refractivity contribution in [1.29, 1.82) is 0 Å². The van der Waals surface area contributed by atoms with E-state index in [2.05, 4.69) is 21.0 Å². The van der Waals surface area contributed by atoms with Gasteiger partial charge < -0.3 is 10.5 Å². The minimum Gasteiger partial charge on any atom is -0.383 e. The summed E-state index contributed by atoms with van der Waals surface area (Å²) in [6, 6.07) is -0.278. The zero-order chi connectivity index (χ0) is 14.8. The number of rotatable bonds is 5. The van der Waals surface area contributed by atoms with Crippen LogP contribution in [0, 0.1) is 5.92 Å². The minimum absolute atomic E-state index is 0.0731. The summed E-state index contributed by atoms with van der Waals surface area (Å²) >= 11 is 3.45. The molecular weight excluding hydrogens is 332 g/mol. The summed E-state index contributed by atoms with van der Waals surface area (Å²) in [5, 5.41) is 4.26. The summed E-state index contributed by atoms with van der Waals surface area (Å²) in [6.07, 6.45) is 2.46. The lowest BCUT2D eigenvalue weighted by molar-refractivity contribution is -0.0486. The standard InChI is InChI=1S/C13H20BrF2N3O/c1-20-7-6-19-12(10(14)8-18-19)11(17)9-2-4-13(15,16)5-3-9/h8-9,11H,2-7,17H2,1H3. The van der Waals surface area contributed by atoms with Crippen LogP contribution in [-0.4, -0.2) is 29.4 Å². The van der Waals surface area contributed by atoms with Crippen molar-refractivity contribution < 1.29 is 13.5 Å². The SMILES string of the molecule is COCCn1ncc(Br)c1C(N)C1CCC(F)(F)CC1. The zero-order valence-corrected chi connectivity index (χ0v) is 13.1. The van der Waals surface area contributed by atoms with E-state index in [0.29, 0.717) is 26.0 Å². The van der Waals surface area contributed by atoms with Gasteiger partial charge in [-0.05, 0) is 34.7 Å². The van der Waals surface area contributed by atoms with Crippen molar-refractivity contribution in [2.75, 3.05) is 13.7 Å². The largest absolute Gasteiger partial charge is 0.383 e. The van der Waals surface area contributed by atoms with Crippen LogP contribution in [0.2, 0.25) is 0 Å². The number of nitrogens with zero attached hydrogens (tertiary/aromatic N) is 2. The first-order valence-electron chi connectivity index (χ1n) is 6.78. The third-order valence-electron chi connectivity index (χ3n) is 3.93. The van der Waals surface area contributed by atoms with Crippen molar-refractivity contribution in [1.82, 2.24) is 9.78 Å². The molecule has 1 fully saturated rings. The third kappa shape index (κ3) is 3.56. The van der Waals surface area contributed by atoms with E-state index in [-0.39, 0.29) is 24.8 Å². The molecule has 0 bridgehead atoms. The average Bonchev–Trinajstić information content (AvgIpc) is 2.76. The van der Waals surface area contributed by atoms with E-state index in [1.54, 1.807) is 18.0 Å². The van der Waals surface area contributed by atoms with Gasteiger partial charge in [0.1, 0.15) is 0 Å². The highest BCUT2D eigenvalue weighted by molar-refractivity contribution is 9.10. The Morgan fingerprint density at radius 2 is 2.20 bits per heavy atom. The van der Waals surface area contributed by atoms with E-state index in [1.165, 1.54) is 0 Å². The van der Waals surface area contributed by atoms with Gasteiger partial charge in [0.15, 0.2) is 0 Å². The van der Waals surface area contributed by atoms with Crippen LogP contribution in [0.15, 0.2) is 10.7 Å². The van der Waals surface area contributed by atoms with Crippen molar-refractivity contribution in [3.63, 3.8) is 0 Å². The topological polar surface area (TPSA) is 53.1 Å². The van der Waals surface area contributed by atoms with Crippen molar-refractivity contribution in [3.05, 3.63) is 16.4 Å². The maximum absolute atomic E-state index is 13.2. The van der Waals surface area contributed by atoms with Gasteiger partial charge in [0.2, 0.25) is 5.92 Å². The molecule has 2 rings (SSSR count). The maximum Gasteiger partial charge on any atom is 0.248 e. The van der Waals surface area contributed by atoms with E-state index in [9.17, 15) is 8.78 Å². The molecule has 0 amide bonds. The van der Waals surface area contributed by atoms with Gasteiger partial charge in [0, 0.05) is 20.0 Å². The third-order valence-corrected chi connectivity index (χ3v) is 4.54. The fourth-order valence-corrected chi connectivity index (χ4v) is 3.26. The Labute approximate surface area is 125 Å². The number of hydrogen-bond donors (Lipinski definition) is 1. The average molecular weight is 352 g/mol. The molecule has 20 heavy (non-hydrogen) atoms. The van der Waals surface area contributed by atoms with Crippen LogP contribution in [0.4, 0.5) is 8.78 Å². The number of halogens is 3. The molecule has 0 saturated heterocycles. The van der Waals surface area contributed by atoms with Crippen LogP contribution in [0.25, 0.3) is 0 Å². The molecule has 7 heteroatoms. The van der Waals surface area contributed by atoms with Crippen molar-refractivity contribution in [2.45, 2.75) is 44.2 Å². The van der Waals surface area contributed by atoms with Gasteiger partial charge in [0.25, 0.3) is 0 Å². The molecule has 1 aromatic rings. The molecule has 0 radical (unpaired) electrons. The molecule has 1 aliphatic rings. The highest BCUT2D eigenvalue weighted by Crippen LogP contribution is 2.41. The number of nitrogens with two attached hydrogens (primary N) is 1. The van der Waals surface area contributed by atoms with Crippen molar-refractivity contribution in [3.8, 4) is 0 Å². The van der Waals surface area contributed by atoms with Crippen LogP contribution in [0.3, 0.4) is 0 Å². The quantitative estimate of drug-likeness (QED) is 0.886. The lowest BCUT2D eigenvalue weighted by atomic mass is 9.81. The number of methoxy groups -OCH3 is 1. The lowest BCUT2D eigenvalue weighted by Gasteiger charge is -2.32. The Morgan fingerprint density at radius 3 is 2.80 bits per heavy atom. The molecule has 1 aliphatic carbocycles. The van der Waals surface area contributed by atoms with Gasteiger partial charge in [0.05, 0.1) is 35.6 Å². The van der Waals surface area contributed by atoms with E-state index in [0.717, 1.165) is 10.2 Å². The fourth-order valence-electron chi connectivity index (χ4n) is 2.70. The Hall–Kier alpha value is -0.530. The monoisotopic (exact) mass is 351 g/mol. The predicted molar refractivity (Wildman–Crippen MR) is 75.6 cm³/mol. The summed E-state index contributed by atoms with van der Waals surface area (Å²) < 4.78 is 34.1. The Kier molecular flexibility index (Phi) is 5.14. The van der Waals surface area contributed by atoms with E-state index >= 15 is 0 Å². The zero-order valence-electron chi connectivity index (χ0n) is 11.5. The van der Waals surface area contributed by atoms with Crippen molar-refractivity contribution in [2.24, 2.45) is 11.7 Å². The highest BCUT2D eigenvalue weighted by atomic mass is 79.9. The number of hydrogen-bond acceptors (Lipinski definition) is 3. The molecule has 0 aliphatic heterocycles. The first-order valence-corrected chi connectivity index (χ1v) is 7.57. The van der Waals surface area contributed by atoms with Gasteiger partial charge >= 0.3 is 0 Å². The summed E-state index contributed by atoms with van der Waals surface area (Å²) in [5.41, 5.74) is 7.17. The van der Waals surface area contributed by atoms with E-state index in [4.69, 9.17) is 10.5 Å². The normalized spacial score (nSPS) is 21.1. The second kappa shape index (κ2) is 6.49. The summed E-state index contributed by atoms with van der Waals surface area (Å²) in [4.78, 5) is 0. The highest BCUT2D eigenvalue weighted by Gasteiger charge is 2.38. The molecule has 2 N–H and O–H groups in total. The molecule has 114 valence electrons. The van der Waals surface area contributed by atoms with Crippen LogP contribution in [0.1, 0.15) is 37.4 Å². The molecule has 1 saturated carbocycles. The number of alkyl halides is 2. The molecular formula is C13H20BrF2N3O. The maximum atomic E-state index is 13.2. The predicted octanol–water partition coefficient (Wildman–Crippen LogP) is 3.12. The second-order valence-corrected chi connectivity index (χ2v) is 6.17. The van der Waals surface area contributed by atoms with Gasteiger partial charge in [-0.15, -0.1) is 0 Å². The molecule has 0 aromatic carbocycles. The Morgan fingerprint density at radius 1 is 1.55 bits per heavy atom. The molecule has 1 atom stereocenters. The molecule has 0 spiro atoms. The van der Waals surface area contributed by atoms with Crippen LogP contribution >= 0.6 is 15.9 Å². The first-order chi connectivity index (χ1) is 9.44. The van der Waals surface area contributed by atoms with Crippen LogP contribution < -0.4 is 5.73 Å². The van der Waals surface area contributed by atoms with Gasteiger partial charge in [-0.3, -0.25) is 4.68 Å². The molecule has 1 heterocycles. The second-order valence-electron chi connectivity index (χ2n) is 5.31. The summed E-state index contributed by atoms with van der Waals surface area (Å²) in [7, 11) is 1.63. The Bertz CT molecular complexity index is 443. The first kappa shape index (κ1) is 15.9.